The van der Waals surface area contributed by atoms with Gasteiger partial charge in [-0.15, -0.1) is 21.5 Å². The monoisotopic (exact) mass is 365 g/mol. The highest BCUT2D eigenvalue weighted by atomic mass is 35.5. The Hall–Kier alpha value is -1.50. The molecule has 0 radical (unpaired) electrons. The molecule has 2 heterocycles. The standard InChI is InChI=1S/C16H16ClN3OS2/c1-8(2)21-13-6-5-11(7-12(13)17)15-19-20-16(23-15)14-9(3)18-10(4)22-14/h5-8H,1-4H3. The van der Waals surface area contributed by atoms with Crippen LogP contribution in [0.1, 0.15) is 24.5 Å². The molecule has 0 fully saturated rings. The number of aromatic nitrogens is 3. The van der Waals surface area contributed by atoms with Crippen LogP contribution in [0, 0.1) is 13.8 Å². The van der Waals surface area contributed by atoms with Gasteiger partial charge in [0, 0.05) is 5.56 Å². The van der Waals surface area contributed by atoms with Gasteiger partial charge in [0.25, 0.3) is 0 Å². The number of hydrogen-bond donors (Lipinski definition) is 0. The molecule has 0 aliphatic heterocycles. The van der Waals surface area contributed by atoms with Crippen LogP contribution >= 0.6 is 34.3 Å². The minimum atomic E-state index is 0.0871. The summed E-state index contributed by atoms with van der Waals surface area (Å²) in [6, 6.07) is 5.70. The third kappa shape index (κ3) is 3.54. The summed E-state index contributed by atoms with van der Waals surface area (Å²) in [5.74, 6) is 0.684. The highest BCUT2D eigenvalue weighted by Crippen LogP contribution is 2.37. The van der Waals surface area contributed by atoms with Gasteiger partial charge in [0.2, 0.25) is 0 Å². The lowest BCUT2D eigenvalue weighted by Gasteiger charge is -2.11. The lowest BCUT2D eigenvalue weighted by molar-refractivity contribution is 0.242. The number of ether oxygens (including phenoxy) is 1. The average Bonchev–Trinajstić information content (AvgIpc) is 3.07. The molecule has 23 heavy (non-hydrogen) atoms. The maximum atomic E-state index is 6.30. The third-order valence-corrected chi connectivity index (χ3v) is 5.56. The molecule has 0 amide bonds. The zero-order valence-electron chi connectivity index (χ0n) is 13.3. The Morgan fingerprint density at radius 3 is 2.43 bits per heavy atom. The van der Waals surface area contributed by atoms with Crippen LogP contribution in [0.4, 0.5) is 0 Å². The molecule has 0 aliphatic carbocycles. The van der Waals surface area contributed by atoms with Crippen molar-refractivity contribution in [3.05, 3.63) is 33.9 Å². The minimum absolute atomic E-state index is 0.0871. The Kier molecular flexibility index (Phi) is 4.66. The van der Waals surface area contributed by atoms with Crippen molar-refractivity contribution in [2.45, 2.75) is 33.8 Å². The summed E-state index contributed by atoms with van der Waals surface area (Å²) >= 11 is 9.48. The number of hydrogen-bond acceptors (Lipinski definition) is 6. The second-order valence-corrected chi connectivity index (χ2v) is 7.96. The predicted molar refractivity (Wildman–Crippen MR) is 96.7 cm³/mol. The third-order valence-electron chi connectivity index (χ3n) is 3.06. The molecule has 2 aromatic heterocycles. The Bertz CT molecular complexity index is 842. The van der Waals surface area contributed by atoms with Crippen LogP contribution in [0.25, 0.3) is 20.5 Å². The fourth-order valence-electron chi connectivity index (χ4n) is 2.14. The zero-order valence-corrected chi connectivity index (χ0v) is 15.6. The fraction of sp³-hybridized carbons (Fsp3) is 0.312. The maximum absolute atomic E-state index is 6.30. The summed E-state index contributed by atoms with van der Waals surface area (Å²) in [7, 11) is 0. The summed E-state index contributed by atoms with van der Waals surface area (Å²) in [5.41, 5.74) is 1.93. The van der Waals surface area contributed by atoms with E-state index in [1.807, 2.05) is 45.9 Å². The summed E-state index contributed by atoms with van der Waals surface area (Å²) < 4.78 is 5.66. The molecule has 0 spiro atoms. The number of nitrogens with zero attached hydrogens (tertiary/aromatic N) is 3. The molecule has 120 valence electrons. The van der Waals surface area contributed by atoms with Crippen molar-refractivity contribution in [3.8, 4) is 26.2 Å². The van der Waals surface area contributed by atoms with E-state index in [2.05, 4.69) is 15.2 Å². The van der Waals surface area contributed by atoms with Crippen molar-refractivity contribution in [1.29, 1.82) is 0 Å². The highest BCUT2D eigenvalue weighted by molar-refractivity contribution is 7.23. The molecule has 3 aromatic rings. The first-order valence-electron chi connectivity index (χ1n) is 7.18. The first kappa shape index (κ1) is 16.4. The van der Waals surface area contributed by atoms with E-state index < -0.39 is 0 Å². The molecule has 0 bridgehead atoms. The SMILES string of the molecule is Cc1nc(C)c(-c2nnc(-c3ccc(OC(C)C)c(Cl)c3)s2)s1. The molecule has 0 saturated heterocycles. The molecular weight excluding hydrogens is 350 g/mol. The van der Waals surface area contributed by atoms with E-state index in [1.165, 1.54) is 0 Å². The van der Waals surface area contributed by atoms with Gasteiger partial charge in [0.15, 0.2) is 5.01 Å². The second kappa shape index (κ2) is 6.55. The molecule has 4 nitrogen and oxygen atoms in total. The molecule has 1 aromatic carbocycles. The molecule has 0 saturated carbocycles. The molecular formula is C16H16ClN3OS2. The van der Waals surface area contributed by atoms with E-state index in [0.29, 0.717) is 10.8 Å². The van der Waals surface area contributed by atoms with Crippen LogP contribution in [0.2, 0.25) is 5.02 Å². The topological polar surface area (TPSA) is 47.9 Å². The van der Waals surface area contributed by atoms with Crippen molar-refractivity contribution in [2.75, 3.05) is 0 Å². The number of rotatable bonds is 4. The highest BCUT2D eigenvalue weighted by Gasteiger charge is 2.15. The normalized spacial score (nSPS) is 11.2. The van der Waals surface area contributed by atoms with Gasteiger partial charge in [-0.1, -0.05) is 22.9 Å². The van der Waals surface area contributed by atoms with Gasteiger partial charge in [-0.3, -0.25) is 0 Å². The predicted octanol–water partition coefficient (Wildman–Crippen LogP) is 5.39. The minimum Gasteiger partial charge on any atom is -0.489 e. The van der Waals surface area contributed by atoms with E-state index in [0.717, 1.165) is 31.2 Å². The van der Waals surface area contributed by atoms with Crippen LogP contribution in [-0.2, 0) is 0 Å². The van der Waals surface area contributed by atoms with Gasteiger partial charge in [-0.25, -0.2) is 4.98 Å². The molecule has 0 N–H and O–H groups in total. The number of aryl methyl sites for hydroxylation is 2. The largest absolute Gasteiger partial charge is 0.489 e. The van der Waals surface area contributed by atoms with Crippen LogP contribution in [0.5, 0.6) is 5.75 Å². The summed E-state index contributed by atoms with van der Waals surface area (Å²) in [6.45, 7) is 7.94. The lowest BCUT2D eigenvalue weighted by Crippen LogP contribution is -2.05. The summed E-state index contributed by atoms with van der Waals surface area (Å²) in [5, 5.41) is 11.9. The van der Waals surface area contributed by atoms with Crippen LogP contribution in [0.15, 0.2) is 18.2 Å². The van der Waals surface area contributed by atoms with E-state index in [1.54, 1.807) is 22.7 Å². The Morgan fingerprint density at radius 1 is 1.09 bits per heavy atom. The van der Waals surface area contributed by atoms with E-state index in [4.69, 9.17) is 16.3 Å². The van der Waals surface area contributed by atoms with Gasteiger partial charge < -0.3 is 4.74 Å². The quantitative estimate of drug-likeness (QED) is 0.622. The molecule has 3 rings (SSSR count). The smallest absolute Gasteiger partial charge is 0.160 e. The van der Waals surface area contributed by atoms with Gasteiger partial charge in [0.05, 0.1) is 26.7 Å². The Balaban J connectivity index is 1.91. The van der Waals surface area contributed by atoms with Gasteiger partial charge in [-0.05, 0) is 45.9 Å². The molecule has 0 unspecified atom stereocenters. The van der Waals surface area contributed by atoms with Crippen molar-refractivity contribution in [3.63, 3.8) is 0 Å². The van der Waals surface area contributed by atoms with Crippen molar-refractivity contribution >= 4 is 34.3 Å². The second-order valence-electron chi connectivity index (χ2n) is 5.37. The number of thiazole rings is 1. The molecule has 7 heteroatoms. The molecule has 0 atom stereocenters. The van der Waals surface area contributed by atoms with Gasteiger partial charge >= 0.3 is 0 Å². The van der Waals surface area contributed by atoms with Crippen molar-refractivity contribution in [2.24, 2.45) is 0 Å². The van der Waals surface area contributed by atoms with E-state index >= 15 is 0 Å². The Morgan fingerprint density at radius 2 is 1.83 bits per heavy atom. The van der Waals surface area contributed by atoms with Crippen LogP contribution in [0.3, 0.4) is 0 Å². The van der Waals surface area contributed by atoms with Gasteiger partial charge in [0.1, 0.15) is 10.8 Å². The first-order chi connectivity index (χ1) is 10.9. The first-order valence-corrected chi connectivity index (χ1v) is 9.19. The van der Waals surface area contributed by atoms with E-state index in [9.17, 15) is 0 Å². The maximum Gasteiger partial charge on any atom is 0.160 e. The van der Waals surface area contributed by atoms with Crippen molar-refractivity contribution < 1.29 is 4.74 Å². The van der Waals surface area contributed by atoms with Crippen LogP contribution in [-0.4, -0.2) is 21.3 Å². The number of benzene rings is 1. The van der Waals surface area contributed by atoms with Gasteiger partial charge in [-0.2, -0.15) is 0 Å². The Labute approximate surface area is 148 Å². The lowest BCUT2D eigenvalue weighted by atomic mass is 10.2. The molecule has 0 aliphatic rings. The van der Waals surface area contributed by atoms with Crippen molar-refractivity contribution in [1.82, 2.24) is 15.2 Å². The fourth-order valence-corrected chi connectivity index (χ4v) is 4.25. The van der Waals surface area contributed by atoms with Crippen LogP contribution < -0.4 is 4.74 Å². The number of halogens is 1. The van der Waals surface area contributed by atoms with E-state index in [-0.39, 0.29) is 6.10 Å². The summed E-state index contributed by atoms with van der Waals surface area (Å²) in [6.07, 6.45) is 0.0871. The zero-order chi connectivity index (χ0) is 16.6. The summed E-state index contributed by atoms with van der Waals surface area (Å²) in [4.78, 5) is 5.52. The average molecular weight is 366 g/mol.